The van der Waals surface area contributed by atoms with Crippen molar-refractivity contribution in [3.8, 4) is 0 Å². The van der Waals surface area contributed by atoms with E-state index in [0.29, 0.717) is 24.3 Å². The van der Waals surface area contributed by atoms with E-state index in [0.717, 1.165) is 17.4 Å². The van der Waals surface area contributed by atoms with Gasteiger partial charge < -0.3 is 9.88 Å². The number of hydrogen-bond acceptors (Lipinski definition) is 5. The third kappa shape index (κ3) is 4.20. The molecule has 9 heteroatoms. The van der Waals surface area contributed by atoms with E-state index >= 15 is 0 Å². The van der Waals surface area contributed by atoms with Gasteiger partial charge in [-0.3, -0.25) is 14.4 Å². The number of sulfonamides is 1. The van der Waals surface area contributed by atoms with Crippen molar-refractivity contribution in [2.45, 2.75) is 31.2 Å². The Bertz CT molecular complexity index is 1070. The van der Waals surface area contributed by atoms with Crippen LogP contribution in [0.2, 0.25) is 0 Å². The minimum atomic E-state index is -3.87. The van der Waals surface area contributed by atoms with Crippen LogP contribution in [0, 0.1) is 0 Å². The Labute approximate surface area is 162 Å². The highest BCUT2D eigenvalue weighted by molar-refractivity contribution is 7.89. The molecular weight excluding hydrogens is 382 g/mol. The minimum absolute atomic E-state index is 0.132. The van der Waals surface area contributed by atoms with Crippen molar-refractivity contribution in [2.24, 2.45) is 0 Å². The smallest absolute Gasteiger partial charge is 0.271 e. The van der Waals surface area contributed by atoms with Crippen molar-refractivity contribution >= 4 is 27.4 Å². The maximum Gasteiger partial charge on any atom is 0.271 e. The van der Waals surface area contributed by atoms with Crippen LogP contribution in [0.3, 0.4) is 0 Å². The van der Waals surface area contributed by atoms with Crippen molar-refractivity contribution in [2.75, 3.05) is 18.4 Å². The van der Waals surface area contributed by atoms with Crippen LogP contribution >= 0.6 is 0 Å². The van der Waals surface area contributed by atoms with Crippen LogP contribution in [-0.4, -0.2) is 42.1 Å². The molecule has 1 fully saturated rings. The SMILES string of the molecule is CC(=O)c1cccc(NC(=O)Cn2cccc(S(=O)(=O)N3CCCC3)c2=O)c1. The van der Waals surface area contributed by atoms with Gasteiger partial charge in [0.15, 0.2) is 5.78 Å². The number of hydrogen-bond donors (Lipinski definition) is 1. The molecule has 0 radical (unpaired) electrons. The van der Waals surface area contributed by atoms with E-state index in [2.05, 4.69) is 5.32 Å². The summed E-state index contributed by atoms with van der Waals surface area (Å²) in [4.78, 5) is 36.1. The van der Waals surface area contributed by atoms with Crippen LogP contribution in [0.4, 0.5) is 5.69 Å². The number of carbonyl (C=O) groups excluding carboxylic acids is 2. The predicted octanol–water partition coefficient (Wildman–Crippen LogP) is 1.47. The second kappa shape index (κ2) is 8.07. The average Bonchev–Trinajstić information content (AvgIpc) is 3.19. The molecule has 0 atom stereocenters. The summed E-state index contributed by atoms with van der Waals surface area (Å²) in [6.07, 6.45) is 2.90. The molecule has 2 heterocycles. The fourth-order valence-corrected chi connectivity index (χ4v) is 4.68. The Morgan fingerprint density at radius 1 is 1.11 bits per heavy atom. The summed E-state index contributed by atoms with van der Waals surface area (Å²) < 4.78 is 27.7. The van der Waals surface area contributed by atoms with Gasteiger partial charge in [0, 0.05) is 30.5 Å². The topological polar surface area (TPSA) is 106 Å². The number of nitrogens with one attached hydrogen (secondary N) is 1. The van der Waals surface area contributed by atoms with Gasteiger partial charge in [0.2, 0.25) is 15.9 Å². The summed E-state index contributed by atoms with van der Waals surface area (Å²) in [5.41, 5.74) is 0.141. The highest BCUT2D eigenvalue weighted by Gasteiger charge is 2.30. The number of ketones is 1. The van der Waals surface area contributed by atoms with Crippen molar-refractivity contribution in [3.63, 3.8) is 0 Å². The third-order valence-corrected chi connectivity index (χ3v) is 6.45. The van der Waals surface area contributed by atoms with Crippen LogP contribution in [0.1, 0.15) is 30.1 Å². The highest BCUT2D eigenvalue weighted by Crippen LogP contribution is 2.18. The van der Waals surface area contributed by atoms with Gasteiger partial charge in [-0.2, -0.15) is 4.31 Å². The molecule has 0 bridgehead atoms. The zero-order chi connectivity index (χ0) is 20.3. The first-order valence-corrected chi connectivity index (χ1v) is 10.3. The van der Waals surface area contributed by atoms with Crippen molar-refractivity contribution in [1.29, 1.82) is 0 Å². The zero-order valence-corrected chi connectivity index (χ0v) is 16.2. The second-order valence-electron chi connectivity index (χ2n) is 6.60. The number of amides is 1. The van der Waals surface area contributed by atoms with E-state index in [4.69, 9.17) is 0 Å². The number of nitrogens with zero attached hydrogens (tertiary/aromatic N) is 2. The lowest BCUT2D eigenvalue weighted by molar-refractivity contribution is -0.116. The van der Waals surface area contributed by atoms with Crippen LogP contribution < -0.4 is 10.9 Å². The summed E-state index contributed by atoms with van der Waals surface area (Å²) in [5.74, 6) is -0.634. The zero-order valence-electron chi connectivity index (χ0n) is 15.4. The Kier molecular flexibility index (Phi) is 5.76. The average molecular weight is 403 g/mol. The van der Waals surface area contributed by atoms with Crippen molar-refractivity contribution < 1.29 is 18.0 Å². The van der Waals surface area contributed by atoms with Gasteiger partial charge in [-0.05, 0) is 44.0 Å². The number of aromatic nitrogens is 1. The molecule has 3 rings (SSSR count). The molecule has 148 valence electrons. The lowest BCUT2D eigenvalue weighted by atomic mass is 10.1. The Morgan fingerprint density at radius 3 is 2.50 bits per heavy atom. The van der Waals surface area contributed by atoms with E-state index in [1.165, 1.54) is 35.6 Å². The quantitative estimate of drug-likeness (QED) is 0.736. The number of pyridine rings is 1. The number of carbonyl (C=O) groups is 2. The molecule has 1 aliphatic rings. The molecule has 0 saturated carbocycles. The lowest BCUT2D eigenvalue weighted by Gasteiger charge is -2.16. The molecule has 0 spiro atoms. The molecule has 1 amide bonds. The monoisotopic (exact) mass is 403 g/mol. The lowest BCUT2D eigenvalue weighted by Crippen LogP contribution is -2.36. The van der Waals surface area contributed by atoms with Gasteiger partial charge in [-0.15, -0.1) is 0 Å². The Morgan fingerprint density at radius 2 is 1.82 bits per heavy atom. The number of Topliss-reactive ketones (excluding diaryl/α,β-unsaturated/α-hetero) is 1. The first-order valence-electron chi connectivity index (χ1n) is 8.89. The standard InChI is InChI=1S/C19H21N3O5S/c1-14(23)15-6-4-7-16(12-15)20-18(24)13-21-9-5-8-17(19(21)25)28(26,27)22-10-2-3-11-22/h4-9,12H,2-3,10-11,13H2,1H3,(H,20,24). The molecule has 1 aliphatic heterocycles. The van der Waals surface area contributed by atoms with Gasteiger partial charge >= 0.3 is 0 Å². The van der Waals surface area contributed by atoms with Gasteiger partial charge in [-0.1, -0.05) is 12.1 Å². The fourth-order valence-electron chi connectivity index (χ4n) is 3.07. The Hall–Kier alpha value is -2.78. The molecule has 1 aromatic heterocycles. The first-order chi connectivity index (χ1) is 13.3. The molecule has 8 nitrogen and oxygen atoms in total. The van der Waals surface area contributed by atoms with Crippen LogP contribution in [-0.2, 0) is 21.4 Å². The molecule has 0 aliphatic carbocycles. The maximum atomic E-state index is 12.7. The summed E-state index contributed by atoms with van der Waals surface area (Å²) in [6, 6.07) is 9.14. The van der Waals surface area contributed by atoms with Crippen LogP contribution in [0.25, 0.3) is 0 Å². The maximum absolute atomic E-state index is 12.7. The number of anilines is 1. The van der Waals surface area contributed by atoms with Crippen LogP contribution in [0.5, 0.6) is 0 Å². The van der Waals surface area contributed by atoms with Crippen molar-refractivity contribution in [1.82, 2.24) is 8.87 Å². The largest absolute Gasteiger partial charge is 0.325 e. The molecule has 1 saturated heterocycles. The van der Waals surface area contributed by atoms with Gasteiger partial charge in [0.05, 0.1) is 0 Å². The molecular formula is C19H21N3O5S. The highest BCUT2D eigenvalue weighted by atomic mass is 32.2. The fraction of sp³-hybridized carbons (Fsp3) is 0.316. The van der Waals surface area contributed by atoms with Gasteiger partial charge in [-0.25, -0.2) is 8.42 Å². The normalized spacial score (nSPS) is 14.8. The Balaban J connectivity index is 1.80. The van der Waals surface area contributed by atoms with E-state index in [1.54, 1.807) is 18.2 Å². The molecule has 2 aromatic rings. The van der Waals surface area contributed by atoms with E-state index in [9.17, 15) is 22.8 Å². The summed E-state index contributed by atoms with van der Waals surface area (Å²) in [6.45, 7) is 1.87. The summed E-state index contributed by atoms with van der Waals surface area (Å²) >= 11 is 0. The molecule has 1 aromatic carbocycles. The van der Waals surface area contributed by atoms with Gasteiger partial charge in [0.1, 0.15) is 11.4 Å². The number of rotatable bonds is 6. The second-order valence-corrected chi connectivity index (χ2v) is 8.51. The predicted molar refractivity (Wildman–Crippen MR) is 104 cm³/mol. The van der Waals surface area contributed by atoms with Crippen LogP contribution in [0.15, 0.2) is 52.3 Å². The summed E-state index contributed by atoms with van der Waals surface area (Å²) in [7, 11) is -3.87. The van der Waals surface area contributed by atoms with E-state index < -0.39 is 21.5 Å². The van der Waals surface area contributed by atoms with Gasteiger partial charge in [0.25, 0.3) is 5.56 Å². The summed E-state index contributed by atoms with van der Waals surface area (Å²) in [5, 5.41) is 2.62. The van der Waals surface area contributed by atoms with Crippen molar-refractivity contribution in [3.05, 3.63) is 58.5 Å². The molecule has 0 unspecified atom stereocenters. The van der Waals surface area contributed by atoms with E-state index in [1.807, 2.05) is 0 Å². The number of benzene rings is 1. The minimum Gasteiger partial charge on any atom is -0.325 e. The first kappa shape index (κ1) is 20.0. The molecule has 28 heavy (non-hydrogen) atoms. The third-order valence-electron chi connectivity index (χ3n) is 4.53. The molecule has 1 N–H and O–H groups in total. The van der Waals surface area contributed by atoms with E-state index in [-0.39, 0.29) is 17.2 Å².